The highest BCUT2D eigenvalue weighted by Gasteiger charge is 2.19. The molecule has 1 aliphatic carbocycles. The van der Waals surface area contributed by atoms with Crippen molar-refractivity contribution in [3.8, 4) is 22.5 Å². The minimum absolute atomic E-state index is 0.857. The van der Waals surface area contributed by atoms with Crippen molar-refractivity contribution in [3.63, 3.8) is 0 Å². The smallest absolute Gasteiger partial charge is 0.161 e. The van der Waals surface area contributed by atoms with Gasteiger partial charge in [0.15, 0.2) is 5.58 Å². The van der Waals surface area contributed by atoms with Crippen molar-refractivity contribution in [3.05, 3.63) is 66.9 Å². The van der Waals surface area contributed by atoms with E-state index in [1.807, 2.05) is 6.20 Å². The van der Waals surface area contributed by atoms with Crippen molar-refractivity contribution in [2.45, 2.75) is 43.9 Å². The molecule has 0 spiro atoms. The van der Waals surface area contributed by atoms with Crippen LogP contribution in [0.4, 0.5) is 5.69 Å². The number of hydrogen-bond donors (Lipinski definition) is 0. The van der Waals surface area contributed by atoms with Crippen LogP contribution in [-0.4, -0.2) is 24.3 Å². The van der Waals surface area contributed by atoms with Crippen LogP contribution in [0.15, 0.2) is 76.2 Å². The van der Waals surface area contributed by atoms with Gasteiger partial charge in [-0.25, -0.2) is 0 Å². The normalized spacial score (nSPS) is 13.9. The Hall–Kier alpha value is -2.72. The van der Waals surface area contributed by atoms with E-state index in [1.54, 1.807) is 11.8 Å². The molecule has 1 saturated carbocycles. The van der Waals surface area contributed by atoms with Gasteiger partial charge in [-0.05, 0) is 60.9 Å². The molecule has 1 fully saturated rings. The van der Waals surface area contributed by atoms with Crippen molar-refractivity contribution >= 4 is 28.5 Å². The molecule has 0 aliphatic heterocycles. The SMILES string of the molecule is CCCN(CCC1CCC1)c1cccc(-c2ccnc3cc(-c4ccc(SC)cc4)oc23)c1. The molecule has 1 aliphatic rings. The third-order valence-electron chi connectivity index (χ3n) is 6.83. The number of furan rings is 1. The Morgan fingerprint density at radius 2 is 1.85 bits per heavy atom. The van der Waals surface area contributed by atoms with Crippen LogP contribution >= 0.6 is 11.8 Å². The van der Waals surface area contributed by atoms with E-state index >= 15 is 0 Å². The van der Waals surface area contributed by atoms with E-state index < -0.39 is 0 Å². The largest absolute Gasteiger partial charge is 0.454 e. The maximum absolute atomic E-state index is 6.38. The van der Waals surface area contributed by atoms with E-state index in [9.17, 15) is 0 Å². The molecule has 33 heavy (non-hydrogen) atoms. The zero-order valence-electron chi connectivity index (χ0n) is 19.6. The zero-order valence-corrected chi connectivity index (χ0v) is 20.4. The standard InChI is InChI=1S/C29H32N2OS/c1-3-17-31(18-15-21-6-4-7-21)24-9-5-8-23(19-24)26-14-16-30-27-20-28(32-29(26)27)22-10-12-25(33-2)13-11-22/h5,8-14,16,19-21H,3-4,6-7,15,17-18H2,1-2H3. The number of fused-ring (bicyclic) bond motifs is 1. The van der Waals surface area contributed by atoms with Crippen LogP contribution in [0.25, 0.3) is 33.6 Å². The van der Waals surface area contributed by atoms with E-state index in [2.05, 4.69) is 83.7 Å². The minimum Gasteiger partial charge on any atom is -0.454 e. The second kappa shape index (κ2) is 10.0. The topological polar surface area (TPSA) is 29.3 Å². The lowest BCUT2D eigenvalue weighted by molar-refractivity contribution is 0.298. The second-order valence-corrected chi connectivity index (χ2v) is 9.91. The van der Waals surface area contributed by atoms with E-state index in [0.717, 1.165) is 53.4 Å². The molecule has 2 aromatic carbocycles. The summed E-state index contributed by atoms with van der Waals surface area (Å²) in [6, 6.07) is 21.6. The first kappa shape index (κ1) is 22.1. The van der Waals surface area contributed by atoms with Crippen molar-refractivity contribution in [1.82, 2.24) is 4.98 Å². The van der Waals surface area contributed by atoms with Gasteiger partial charge in [-0.15, -0.1) is 11.8 Å². The third kappa shape index (κ3) is 4.81. The minimum atomic E-state index is 0.857. The molecule has 170 valence electrons. The molecule has 4 aromatic rings. The van der Waals surface area contributed by atoms with Gasteiger partial charge in [0.2, 0.25) is 0 Å². The van der Waals surface area contributed by atoms with E-state index in [1.165, 1.54) is 41.8 Å². The average molecular weight is 457 g/mol. The van der Waals surface area contributed by atoms with Crippen LogP contribution in [0.3, 0.4) is 0 Å². The van der Waals surface area contributed by atoms with E-state index in [-0.39, 0.29) is 0 Å². The summed E-state index contributed by atoms with van der Waals surface area (Å²) in [5.74, 6) is 1.79. The molecular formula is C29H32N2OS. The van der Waals surface area contributed by atoms with E-state index in [0.29, 0.717) is 0 Å². The Bertz CT molecular complexity index is 1210. The average Bonchev–Trinajstić information content (AvgIpc) is 3.27. The molecule has 0 saturated heterocycles. The van der Waals surface area contributed by atoms with Crippen LogP contribution < -0.4 is 4.90 Å². The molecule has 0 bridgehead atoms. The number of nitrogens with zero attached hydrogens (tertiary/aromatic N) is 2. The lowest BCUT2D eigenvalue weighted by Crippen LogP contribution is -2.28. The van der Waals surface area contributed by atoms with Crippen LogP contribution in [0, 0.1) is 5.92 Å². The number of rotatable bonds is 9. The van der Waals surface area contributed by atoms with Gasteiger partial charge in [0.25, 0.3) is 0 Å². The van der Waals surface area contributed by atoms with Gasteiger partial charge >= 0.3 is 0 Å². The summed E-state index contributed by atoms with van der Waals surface area (Å²) < 4.78 is 6.38. The van der Waals surface area contributed by atoms with Gasteiger partial charge in [0.05, 0.1) is 0 Å². The van der Waals surface area contributed by atoms with Crippen LogP contribution in [0.1, 0.15) is 39.0 Å². The fourth-order valence-corrected chi connectivity index (χ4v) is 5.10. The van der Waals surface area contributed by atoms with Gasteiger partial charge in [-0.3, -0.25) is 4.98 Å². The highest BCUT2D eigenvalue weighted by molar-refractivity contribution is 7.98. The Morgan fingerprint density at radius 3 is 2.58 bits per heavy atom. The molecule has 3 nitrogen and oxygen atoms in total. The quantitative estimate of drug-likeness (QED) is 0.237. The molecule has 2 aromatic heterocycles. The van der Waals surface area contributed by atoms with E-state index in [4.69, 9.17) is 4.42 Å². The summed E-state index contributed by atoms with van der Waals surface area (Å²) in [4.78, 5) is 8.40. The zero-order chi connectivity index (χ0) is 22.6. The first-order valence-corrected chi connectivity index (χ1v) is 13.4. The summed E-state index contributed by atoms with van der Waals surface area (Å²) in [7, 11) is 0. The Labute approximate surface area is 201 Å². The summed E-state index contributed by atoms with van der Waals surface area (Å²) in [5.41, 5.74) is 6.42. The molecule has 0 radical (unpaired) electrons. The van der Waals surface area contributed by atoms with Crippen molar-refractivity contribution in [1.29, 1.82) is 0 Å². The second-order valence-electron chi connectivity index (χ2n) is 9.04. The summed E-state index contributed by atoms with van der Waals surface area (Å²) in [6.07, 6.45) is 10.7. The van der Waals surface area contributed by atoms with Crippen LogP contribution in [-0.2, 0) is 0 Å². The highest BCUT2D eigenvalue weighted by Crippen LogP contribution is 2.36. The monoisotopic (exact) mass is 456 g/mol. The molecular weight excluding hydrogens is 424 g/mol. The molecule has 0 N–H and O–H groups in total. The number of anilines is 1. The predicted octanol–water partition coefficient (Wildman–Crippen LogP) is 8.29. The first-order valence-electron chi connectivity index (χ1n) is 12.1. The van der Waals surface area contributed by atoms with Gasteiger partial charge in [-0.1, -0.05) is 50.5 Å². The fourth-order valence-electron chi connectivity index (χ4n) is 4.69. The summed E-state index contributed by atoms with van der Waals surface area (Å²) in [5, 5.41) is 0. The third-order valence-corrected chi connectivity index (χ3v) is 7.58. The van der Waals surface area contributed by atoms with Crippen LogP contribution in [0.5, 0.6) is 0 Å². The molecule has 5 rings (SSSR count). The Balaban J connectivity index is 1.46. The van der Waals surface area contributed by atoms with Gasteiger partial charge in [0, 0.05) is 47.1 Å². The number of benzene rings is 2. The molecule has 0 amide bonds. The number of thioether (sulfide) groups is 1. The summed E-state index contributed by atoms with van der Waals surface area (Å²) >= 11 is 1.75. The van der Waals surface area contributed by atoms with Gasteiger partial charge < -0.3 is 9.32 Å². The van der Waals surface area contributed by atoms with Gasteiger partial charge in [0.1, 0.15) is 11.3 Å². The van der Waals surface area contributed by atoms with Crippen molar-refractivity contribution in [2.24, 2.45) is 5.92 Å². The molecule has 2 heterocycles. The molecule has 4 heteroatoms. The first-order chi connectivity index (χ1) is 16.2. The number of aromatic nitrogens is 1. The predicted molar refractivity (Wildman–Crippen MR) is 141 cm³/mol. The maximum Gasteiger partial charge on any atom is 0.161 e. The summed E-state index contributed by atoms with van der Waals surface area (Å²) in [6.45, 7) is 4.51. The Morgan fingerprint density at radius 1 is 1.00 bits per heavy atom. The lowest BCUT2D eigenvalue weighted by atomic mass is 9.83. The van der Waals surface area contributed by atoms with Crippen LogP contribution in [0.2, 0.25) is 0 Å². The number of hydrogen-bond acceptors (Lipinski definition) is 4. The van der Waals surface area contributed by atoms with Crippen molar-refractivity contribution < 1.29 is 4.42 Å². The number of pyridine rings is 1. The van der Waals surface area contributed by atoms with Gasteiger partial charge in [-0.2, -0.15) is 0 Å². The lowest BCUT2D eigenvalue weighted by Gasteiger charge is -2.30. The maximum atomic E-state index is 6.38. The molecule has 0 unspecified atom stereocenters. The van der Waals surface area contributed by atoms with Crippen molar-refractivity contribution in [2.75, 3.05) is 24.2 Å². The fraction of sp³-hybridized carbons (Fsp3) is 0.345. The highest BCUT2D eigenvalue weighted by atomic mass is 32.2. The Kier molecular flexibility index (Phi) is 6.73. The molecule has 0 atom stereocenters.